The Bertz CT molecular complexity index is 846. The first-order chi connectivity index (χ1) is 13.2. The average molecular weight is 385 g/mol. The summed E-state index contributed by atoms with van der Waals surface area (Å²) >= 11 is 0. The van der Waals surface area contributed by atoms with E-state index in [1.54, 1.807) is 13.1 Å². The van der Waals surface area contributed by atoms with Crippen LogP contribution >= 0.6 is 0 Å². The highest BCUT2D eigenvalue weighted by atomic mass is 16.5. The molecule has 4 atom stereocenters. The van der Waals surface area contributed by atoms with Crippen LogP contribution in [0.4, 0.5) is 5.69 Å². The van der Waals surface area contributed by atoms with Crippen LogP contribution < -0.4 is 16.3 Å². The number of ether oxygens (including phenoxy) is 1. The zero-order chi connectivity index (χ0) is 20.3. The third-order valence-corrected chi connectivity index (χ3v) is 8.16. The van der Waals surface area contributed by atoms with E-state index < -0.39 is 5.54 Å². The van der Waals surface area contributed by atoms with Crippen LogP contribution in [0.15, 0.2) is 11.0 Å². The van der Waals surface area contributed by atoms with Gasteiger partial charge in [-0.15, -0.1) is 0 Å². The molecule has 28 heavy (non-hydrogen) atoms. The lowest BCUT2D eigenvalue weighted by Gasteiger charge is -2.62. The predicted molar refractivity (Wildman–Crippen MR) is 112 cm³/mol. The standard InChI is InChI=1S/C21H32BN3O3/c1-5-28-19(27)21(7-6-8-21)25-18(26)17(22)16(11-23-25)24-15-10-13-9-14(12(15)2)20(13,3)4/h11-15,24H,5-10,22H2,1-4H3/t12-,13+,14-,15-/m1/s1. The molecule has 2 bridgehead atoms. The van der Waals surface area contributed by atoms with Crippen molar-refractivity contribution in [1.29, 1.82) is 0 Å². The minimum Gasteiger partial charge on any atom is -0.464 e. The molecule has 4 fully saturated rings. The number of carbonyl (C=O) groups excluding carboxylic acids is 1. The van der Waals surface area contributed by atoms with E-state index in [0.29, 0.717) is 42.3 Å². The number of rotatable bonds is 5. The Kier molecular flexibility index (Phi) is 4.63. The van der Waals surface area contributed by atoms with Crippen LogP contribution in [0.5, 0.6) is 0 Å². The van der Waals surface area contributed by atoms with Gasteiger partial charge in [0.25, 0.3) is 5.56 Å². The third kappa shape index (κ3) is 2.65. The van der Waals surface area contributed by atoms with Gasteiger partial charge in [0.1, 0.15) is 7.85 Å². The van der Waals surface area contributed by atoms with E-state index in [9.17, 15) is 9.59 Å². The number of aromatic nitrogens is 2. The maximum Gasteiger partial charge on any atom is 0.334 e. The van der Waals surface area contributed by atoms with Crippen molar-refractivity contribution < 1.29 is 9.53 Å². The fraction of sp³-hybridized carbons (Fsp3) is 0.762. The zero-order valence-corrected chi connectivity index (χ0v) is 17.7. The topological polar surface area (TPSA) is 73.2 Å². The van der Waals surface area contributed by atoms with E-state index in [4.69, 9.17) is 4.74 Å². The van der Waals surface area contributed by atoms with Crippen LogP contribution in [0.25, 0.3) is 0 Å². The second-order valence-electron chi connectivity index (χ2n) is 9.71. The van der Waals surface area contributed by atoms with Crippen LogP contribution in [-0.2, 0) is 15.1 Å². The van der Waals surface area contributed by atoms with Gasteiger partial charge in [0.05, 0.1) is 18.5 Å². The molecule has 4 aliphatic carbocycles. The highest BCUT2D eigenvalue weighted by Gasteiger charge is 2.56. The Morgan fingerprint density at radius 1 is 1.39 bits per heavy atom. The Morgan fingerprint density at radius 2 is 2.11 bits per heavy atom. The van der Waals surface area contributed by atoms with Gasteiger partial charge in [-0.3, -0.25) is 4.79 Å². The van der Waals surface area contributed by atoms with E-state index in [1.807, 2.05) is 7.85 Å². The molecule has 7 heteroatoms. The first kappa shape index (κ1) is 19.5. The molecule has 1 heterocycles. The molecule has 6 nitrogen and oxygen atoms in total. The number of hydrogen-bond donors (Lipinski definition) is 1. The summed E-state index contributed by atoms with van der Waals surface area (Å²) in [7, 11) is 1.83. The second kappa shape index (κ2) is 6.63. The first-order valence-corrected chi connectivity index (χ1v) is 10.8. The third-order valence-electron chi connectivity index (χ3n) is 8.16. The highest BCUT2D eigenvalue weighted by Crippen LogP contribution is 2.61. The number of carbonyl (C=O) groups is 1. The number of nitrogens with one attached hydrogen (secondary N) is 1. The quantitative estimate of drug-likeness (QED) is 0.613. The number of esters is 1. The van der Waals surface area contributed by atoms with Crippen molar-refractivity contribution in [1.82, 2.24) is 9.78 Å². The van der Waals surface area contributed by atoms with Gasteiger partial charge in [-0.05, 0) is 62.2 Å². The summed E-state index contributed by atoms with van der Waals surface area (Å²) in [6, 6.07) is 0.371. The number of hydrogen-bond acceptors (Lipinski definition) is 5. The van der Waals surface area contributed by atoms with Gasteiger partial charge < -0.3 is 10.1 Å². The molecule has 0 amide bonds. The smallest absolute Gasteiger partial charge is 0.334 e. The lowest BCUT2D eigenvalue weighted by molar-refractivity contribution is -0.160. The first-order valence-electron chi connectivity index (χ1n) is 10.8. The van der Waals surface area contributed by atoms with Crippen LogP contribution in [-0.4, -0.2) is 36.2 Å². The van der Waals surface area contributed by atoms with Gasteiger partial charge in [0, 0.05) is 11.5 Å². The summed E-state index contributed by atoms with van der Waals surface area (Å²) in [5.74, 6) is 1.72. The van der Waals surface area contributed by atoms with Crippen LogP contribution in [0, 0.1) is 23.2 Å². The molecule has 4 aliphatic rings. The summed E-state index contributed by atoms with van der Waals surface area (Å²) in [6.07, 6.45) is 6.33. The lowest BCUT2D eigenvalue weighted by atomic mass is 9.44. The van der Waals surface area contributed by atoms with E-state index >= 15 is 0 Å². The Hall–Kier alpha value is -1.79. The van der Waals surface area contributed by atoms with Crippen LogP contribution in [0.2, 0.25) is 0 Å². The van der Waals surface area contributed by atoms with Gasteiger partial charge in [-0.1, -0.05) is 20.8 Å². The van der Waals surface area contributed by atoms with Crippen molar-refractivity contribution in [3.63, 3.8) is 0 Å². The van der Waals surface area contributed by atoms with Gasteiger partial charge in [0.2, 0.25) is 0 Å². The van der Waals surface area contributed by atoms with Crippen molar-refractivity contribution in [3.8, 4) is 0 Å². The SMILES string of the molecule is Bc1c(N[C@@H]2C[C@@H]3C[C@H]([C@H]2C)C3(C)C)cnn(C2(C(=O)OCC)CCC2)c1=O. The van der Waals surface area contributed by atoms with Crippen molar-refractivity contribution in [2.24, 2.45) is 23.2 Å². The molecule has 0 saturated heterocycles. The predicted octanol–water partition coefficient (Wildman–Crippen LogP) is 1.43. The summed E-state index contributed by atoms with van der Waals surface area (Å²) in [5, 5.41) is 8.04. The largest absolute Gasteiger partial charge is 0.464 e. The fourth-order valence-electron chi connectivity index (χ4n) is 5.81. The minimum absolute atomic E-state index is 0.188. The van der Waals surface area contributed by atoms with Gasteiger partial charge in [0.15, 0.2) is 5.54 Å². The van der Waals surface area contributed by atoms with Gasteiger partial charge in [-0.2, -0.15) is 5.10 Å². The zero-order valence-electron chi connectivity index (χ0n) is 17.7. The molecule has 0 spiro atoms. The number of nitrogens with zero attached hydrogens (tertiary/aromatic N) is 2. The average Bonchev–Trinajstić information content (AvgIpc) is 2.61. The molecular weight excluding hydrogens is 353 g/mol. The van der Waals surface area contributed by atoms with Crippen LogP contribution in [0.3, 0.4) is 0 Å². The number of anilines is 1. The number of fused-ring (bicyclic) bond motifs is 2. The normalized spacial score (nSPS) is 32.0. The molecule has 0 radical (unpaired) electrons. The molecule has 0 aromatic carbocycles. The summed E-state index contributed by atoms with van der Waals surface area (Å²) in [6.45, 7) is 9.20. The molecule has 1 aromatic heterocycles. The molecule has 5 rings (SSSR count). The molecule has 4 saturated carbocycles. The summed E-state index contributed by atoms with van der Waals surface area (Å²) in [4.78, 5) is 25.6. The van der Waals surface area contributed by atoms with Gasteiger partial charge >= 0.3 is 5.97 Å². The van der Waals surface area contributed by atoms with Crippen LogP contribution in [0.1, 0.15) is 59.8 Å². The summed E-state index contributed by atoms with van der Waals surface area (Å²) < 4.78 is 6.62. The van der Waals surface area contributed by atoms with E-state index in [2.05, 4.69) is 31.2 Å². The Balaban J connectivity index is 1.57. The monoisotopic (exact) mass is 385 g/mol. The van der Waals surface area contributed by atoms with Crippen molar-refractivity contribution >= 4 is 25.0 Å². The molecular formula is C21H32BN3O3. The van der Waals surface area contributed by atoms with Crippen molar-refractivity contribution in [2.45, 2.75) is 71.4 Å². The van der Waals surface area contributed by atoms with E-state index in [1.165, 1.54) is 11.1 Å². The van der Waals surface area contributed by atoms with Crippen molar-refractivity contribution in [3.05, 3.63) is 16.6 Å². The highest BCUT2D eigenvalue weighted by molar-refractivity contribution is 6.35. The maximum absolute atomic E-state index is 13.1. The minimum atomic E-state index is -0.917. The molecule has 0 aliphatic heterocycles. The Labute approximate surface area is 167 Å². The van der Waals surface area contributed by atoms with E-state index in [0.717, 1.165) is 30.4 Å². The molecule has 1 N–H and O–H groups in total. The fourth-order valence-corrected chi connectivity index (χ4v) is 5.81. The Morgan fingerprint density at radius 3 is 2.64 bits per heavy atom. The maximum atomic E-state index is 13.1. The molecule has 1 aromatic rings. The molecule has 152 valence electrons. The molecule has 0 unspecified atom stereocenters. The summed E-state index contributed by atoms with van der Waals surface area (Å²) in [5.41, 5.74) is 0.767. The van der Waals surface area contributed by atoms with Gasteiger partial charge in [-0.25, -0.2) is 9.48 Å². The van der Waals surface area contributed by atoms with Crippen molar-refractivity contribution in [2.75, 3.05) is 11.9 Å². The lowest BCUT2D eigenvalue weighted by Crippen LogP contribution is -2.59. The van der Waals surface area contributed by atoms with E-state index in [-0.39, 0.29) is 11.5 Å². The second-order valence-corrected chi connectivity index (χ2v) is 9.71.